The highest BCUT2D eigenvalue weighted by Gasteiger charge is 2.13. The molecule has 0 unspecified atom stereocenters. The molecule has 0 bridgehead atoms. The Kier molecular flexibility index (Phi) is 4.49. The van der Waals surface area contributed by atoms with Crippen molar-refractivity contribution < 1.29 is 9.13 Å². The first-order valence-electron chi connectivity index (χ1n) is 5.26. The van der Waals surface area contributed by atoms with Gasteiger partial charge in [-0.2, -0.15) is 0 Å². The van der Waals surface area contributed by atoms with E-state index in [-0.39, 0.29) is 18.0 Å². The summed E-state index contributed by atoms with van der Waals surface area (Å²) < 4.78 is 19.2. The molecule has 1 N–H and O–H groups in total. The highest BCUT2D eigenvalue weighted by molar-refractivity contribution is 9.10. The van der Waals surface area contributed by atoms with E-state index < -0.39 is 5.82 Å². The summed E-state index contributed by atoms with van der Waals surface area (Å²) in [4.78, 5) is 18.7. The van der Waals surface area contributed by atoms with Gasteiger partial charge in [0.1, 0.15) is 16.1 Å². The number of rotatable bonds is 3. The molecule has 0 aliphatic heterocycles. The molecular weight excluding hydrogens is 383 g/mol. The van der Waals surface area contributed by atoms with Crippen LogP contribution in [0.15, 0.2) is 31.9 Å². The zero-order valence-corrected chi connectivity index (χ0v) is 13.0. The number of halogens is 3. The molecule has 0 radical (unpaired) electrons. The quantitative estimate of drug-likeness (QED) is 0.873. The van der Waals surface area contributed by atoms with Gasteiger partial charge in [0.25, 0.3) is 5.56 Å². The van der Waals surface area contributed by atoms with Crippen LogP contribution in [0.5, 0.6) is 0 Å². The minimum Gasteiger partial charge on any atom is -0.378 e. The molecule has 4 nitrogen and oxygen atoms in total. The van der Waals surface area contributed by atoms with E-state index in [1.165, 1.54) is 19.2 Å². The normalized spacial score (nSPS) is 10.7. The van der Waals surface area contributed by atoms with Crippen LogP contribution in [-0.4, -0.2) is 17.1 Å². The van der Waals surface area contributed by atoms with Crippen LogP contribution in [-0.2, 0) is 11.3 Å². The Labute approximate surface area is 125 Å². The molecule has 1 aromatic carbocycles. The maximum atomic E-state index is 13.3. The fraction of sp³-hybridized carbons (Fsp3) is 0.167. The fourth-order valence-corrected chi connectivity index (χ4v) is 2.28. The number of benzene rings is 1. The predicted molar refractivity (Wildman–Crippen MR) is 76.4 cm³/mol. The predicted octanol–water partition coefficient (Wildman–Crippen LogP) is 3.25. The van der Waals surface area contributed by atoms with Gasteiger partial charge in [-0.25, -0.2) is 9.37 Å². The lowest BCUT2D eigenvalue weighted by molar-refractivity contribution is 0.180. The Morgan fingerprint density at radius 3 is 2.84 bits per heavy atom. The number of nitrogens with zero attached hydrogens (tertiary/aromatic N) is 1. The molecular formula is C12H9Br2FN2O2. The zero-order valence-electron chi connectivity index (χ0n) is 9.84. The van der Waals surface area contributed by atoms with Gasteiger partial charge in [0.15, 0.2) is 0 Å². The summed E-state index contributed by atoms with van der Waals surface area (Å²) in [5, 5.41) is 0. The van der Waals surface area contributed by atoms with Crippen LogP contribution in [0.3, 0.4) is 0 Å². The lowest BCUT2D eigenvalue weighted by Crippen LogP contribution is -2.14. The first-order valence-corrected chi connectivity index (χ1v) is 6.84. The monoisotopic (exact) mass is 390 g/mol. The molecule has 0 saturated carbocycles. The molecule has 0 saturated heterocycles. The third-order valence-corrected chi connectivity index (χ3v) is 3.91. The average molecular weight is 392 g/mol. The maximum absolute atomic E-state index is 13.3. The Hall–Kier alpha value is -1.05. The number of H-pyrrole nitrogens is 1. The van der Waals surface area contributed by atoms with Gasteiger partial charge in [-0.1, -0.05) is 15.9 Å². The first kappa shape index (κ1) is 14.4. The molecule has 2 aromatic rings. The van der Waals surface area contributed by atoms with Crippen LogP contribution < -0.4 is 5.56 Å². The number of aromatic nitrogens is 2. The van der Waals surface area contributed by atoms with E-state index in [0.717, 1.165) is 0 Å². The Bertz CT molecular complexity index is 673. The van der Waals surface area contributed by atoms with E-state index >= 15 is 0 Å². The van der Waals surface area contributed by atoms with Crippen molar-refractivity contribution in [1.82, 2.24) is 9.97 Å². The van der Waals surface area contributed by atoms with Gasteiger partial charge in [0.2, 0.25) is 0 Å². The maximum Gasteiger partial charge on any atom is 0.265 e. The number of hydrogen-bond donors (Lipinski definition) is 1. The van der Waals surface area contributed by atoms with Gasteiger partial charge in [-0.3, -0.25) is 4.79 Å². The molecule has 0 amide bonds. The van der Waals surface area contributed by atoms with E-state index in [0.29, 0.717) is 20.2 Å². The molecule has 0 aliphatic carbocycles. The standard InChI is InChI=1S/C12H9Br2FN2O2/c1-19-5-9-10(14)12(18)17-11(16-9)7-4-6(15)2-3-8(7)13/h2-4H,5H2,1H3,(H,16,17,18). The number of nitrogens with one attached hydrogen (secondary N) is 1. The number of hydrogen-bond acceptors (Lipinski definition) is 3. The molecule has 19 heavy (non-hydrogen) atoms. The Morgan fingerprint density at radius 2 is 2.16 bits per heavy atom. The van der Waals surface area contributed by atoms with Gasteiger partial charge in [-0.05, 0) is 34.1 Å². The molecule has 7 heteroatoms. The van der Waals surface area contributed by atoms with Crippen LogP contribution in [0.1, 0.15) is 5.69 Å². The van der Waals surface area contributed by atoms with Gasteiger partial charge in [0, 0.05) is 17.1 Å². The molecule has 0 spiro atoms. The van der Waals surface area contributed by atoms with E-state index in [4.69, 9.17) is 4.74 Å². The van der Waals surface area contributed by atoms with E-state index in [1.807, 2.05) is 0 Å². The molecule has 0 atom stereocenters. The van der Waals surface area contributed by atoms with Crippen LogP contribution in [0.2, 0.25) is 0 Å². The number of methoxy groups -OCH3 is 1. The summed E-state index contributed by atoms with van der Waals surface area (Å²) >= 11 is 6.45. The lowest BCUT2D eigenvalue weighted by atomic mass is 10.2. The highest BCUT2D eigenvalue weighted by atomic mass is 79.9. The van der Waals surface area contributed by atoms with E-state index in [1.54, 1.807) is 6.07 Å². The second-order valence-electron chi connectivity index (χ2n) is 3.73. The number of ether oxygens (including phenoxy) is 1. The van der Waals surface area contributed by atoms with Crippen molar-refractivity contribution >= 4 is 31.9 Å². The third kappa shape index (κ3) is 3.10. The van der Waals surface area contributed by atoms with Gasteiger partial charge in [-0.15, -0.1) is 0 Å². The number of aromatic amines is 1. The minimum absolute atomic E-state index is 0.185. The smallest absolute Gasteiger partial charge is 0.265 e. The van der Waals surface area contributed by atoms with Crippen molar-refractivity contribution in [3.8, 4) is 11.4 Å². The summed E-state index contributed by atoms with van der Waals surface area (Å²) in [6, 6.07) is 4.18. The van der Waals surface area contributed by atoms with Crippen molar-refractivity contribution in [2.45, 2.75) is 6.61 Å². The molecule has 1 aromatic heterocycles. The SMILES string of the molecule is COCc1nc(-c2cc(F)ccc2Br)[nH]c(=O)c1Br. The summed E-state index contributed by atoms with van der Waals surface area (Å²) in [5.41, 5.74) is 0.590. The van der Waals surface area contributed by atoms with Crippen molar-refractivity contribution in [3.05, 3.63) is 49.0 Å². The van der Waals surface area contributed by atoms with Crippen molar-refractivity contribution in [1.29, 1.82) is 0 Å². The Morgan fingerprint density at radius 1 is 1.42 bits per heavy atom. The van der Waals surface area contributed by atoms with E-state index in [9.17, 15) is 9.18 Å². The summed E-state index contributed by atoms with van der Waals surface area (Å²) in [7, 11) is 1.51. The molecule has 2 rings (SSSR count). The summed E-state index contributed by atoms with van der Waals surface area (Å²) in [6.07, 6.45) is 0. The topological polar surface area (TPSA) is 55.0 Å². The average Bonchev–Trinajstić information content (AvgIpc) is 2.38. The molecule has 0 fully saturated rings. The van der Waals surface area contributed by atoms with E-state index in [2.05, 4.69) is 41.8 Å². The lowest BCUT2D eigenvalue weighted by Gasteiger charge is -2.07. The van der Waals surface area contributed by atoms with Crippen molar-refractivity contribution in [2.24, 2.45) is 0 Å². The first-order chi connectivity index (χ1) is 9.02. The molecule has 1 heterocycles. The van der Waals surface area contributed by atoms with Crippen LogP contribution in [0.25, 0.3) is 11.4 Å². The van der Waals surface area contributed by atoms with Gasteiger partial charge < -0.3 is 9.72 Å². The second-order valence-corrected chi connectivity index (χ2v) is 5.38. The second kappa shape index (κ2) is 5.94. The van der Waals surface area contributed by atoms with Crippen molar-refractivity contribution in [2.75, 3.05) is 7.11 Å². The Balaban J connectivity index is 2.62. The molecule has 0 aliphatic rings. The summed E-state index contributed by atoms with van der Waals surface area (Å²) in [5.74, 6) is -0.122. The van der Waals surface area contributed by atoms with Crippen LogP contribution in [0, 0.1) is 5.82 Å². The van der Waals surface area contributed by atoms with Gasteiger partial charge >= 0.3 is 0 Å². The summed E-state index contributed by atoms with van der Waals surface area (Å²) in [6.45, 7) is 0.185. The van der Waals surface area contributed by atoms with Crippen LogP contribution >= 0.6 is 31.9 Å². The largest absolute Gasteiger partial charge is 0.378 e. The fourth-order valence-electron chi connectivity index (χ4n) is 1.54. The highest BCUT2D eigenvalue weighted by Crippen LogP contribution is 2.26. The zero-order chi connectivity index (χ0) is 14.0. The third-order valence-electron chi connectivity index (χ3n) is 2.40. The van der Waals surface area contributed by atoms with Gasteiger partial charge in [0.05, 0.1) is 12.3 Å². The minimum atomic E-state index is -0.406. The van der Waals surface area contributed by atoms with Crippen molar-refractivity contribution in [3.63, 3.8) is 0 Å². The van der Waals surface area contributed by atoms with Crippen LogP contribution in [0.4, 0.5) is 4.39 Å². The molecule has 100 valence electrons.